The first kappa shape index (κ1) is 17.9. The van der Waals surface area contributed by atoms with Crippen LogP contribution in [-0.4, -0.2) is 58.1 Å². The second kappa shape index (κ2) is 7.42. The van der Waals surface area contributed by atoms with Gasteiger partial charge in [0.25, 0.3) is 0 Å². The maximum atomic E-state index is 12.9. The summed E-state index contributed by atoms with van der Waals surface area (Å²) in [5.74, 6) is -0.175. The van der Waals surface area contributed by atoms with Crippen LogP contribution in [0.4, 0.5) is 0 Å². The molecule has 7 heteroatoms. The van der Waals surface area contributed by atoms with Crippen molar-refractivity contribution in [3.05, 3.63) is 17.0 Å². The number of nitrogens with zero attached hydrogens (tertiary/aromatic N) is 3. The number of aryl methyl sites for hydroxylation is 2. The smallest absolute Gasteiger partial charge is 0.226 e. The second-order valence-corrected chi connectivity index (χ2v) is 6.43. The molecule has 1 saturated carbocycles. The topological polar surface area (TPSA) is 93.6 Å². The number of methoxy groups -OCH3 is 1. The highest BCUT2D eigenvalue weighted by Gasteiger charge is 2.37. The summed E-state index contributed by atoms with van der Waals surface area (Å²) in [6.45, 7) is 5.46. The van der Waals surface area contributed by atoms with E-state index in [-0.39, 0.29) is 17.9 Å². The number of rotatable bonds is 6. The van der Waals surface area contributed by atoms with Gasteiger partial charge in [-0.05, 0) is 26.7 Å². The Kier molecular flexibility index (Phi) is 5.78. The Balaban J connectivity index is 2.15. The Morgan fingerprint density at radius 3 is 2.65 bits per heavy atom. The molecule has 1 amide bonds. The third kappa shape index (κ3) is 3.91. The maximum absolute atomic E-state index is 12.9. The monoisotopic (exact) mass is 324 g/mol. The third-order valence-electron chi connectivity index (χ3n) is 4.81. The van der Waals surface area contributed by atoms with Gasteiger partial charge in [0.1, 0.15) is 0 Å². The maximum Gasteiger partial charge on any atom is 0.226 e. The van der Waals surface area contributed by atoms with E-state index in [4.69, 9.17) is 10.5 Å². The van der Waals surface area contributed by atoms with Crippen molar-refractivity contribution in [1.29, 1.82) is 0 Å². The number of aliphatic hydroxyl groups is 1. The summed E-state index contributed by atoms with van der Waals surface area (Å²) in [6.07, 6.45) is 0.387. The summed E-state index contributed by atoms with van der Waals surface area (Å²) in [7, 11) is 3.53. The van der Waals surface area contributed by atoms with Crippen LogP contribution in [0.15, 0.2) is 0 Å². The van der Waals surface area contributed by atoms with Gasteiger partial charge in [0, 0.05) is 50.5 Å². The Morgan fingerprint density at radius 1 is 1.48 bits per heavy atom. The van der Waals surface area contributed by atoms with Gasteiger partial charge in [-0.3, -0.25) is 9.48 Å². The molecule has 0 bridgehead atoms. The van der Waals surface area contributed by atoms with Gasteiger partial charge in [-0.1, -0.05) is 0 Å². The second-order valence-electron chi connectivity index (χ2n) is 6.43. The summed E-state index contributed by atoms with van der Waals surface area (Å²) in [4.78, 5) is 14.7. The van der Waals surface area contributed by atoms with Crippen molar-refractivity contribution in [3.8, 4) is 0 Å². The number of hydrogen-bond acceptors (Lipinski definition) is 5. The highest BCUT2D eigenvalue weighted by Crippen LogP contribution is 2.27. The minimum absolute atomic E-state index is 0.0386. The van der Waals surface area contributed by atoms with Gasteiger partial charge in [-0.2, -0.15) is 5.10 Å². The van der Waals surface area contributed by atoms with E-state index >= 15 is 0 Å². The molecule has 1 aromatic heterocycles. The van der Waals surface area contributed by atoms with Gasteiger partial charge in [-0.25, -0.2) is 0 Å². The van der Waals surface area contributed by atoms with Crippen LogP contribution in [0.2, 0.25) is 0 Å². The number of carbonyl (C=O) groups is 1. The van der Waals surface area contributed by atoms with Gasteiger partial charge >= 0.3 is 0 Å². The minimum Gasteiger partial charge on any atom is -0.391 e. The van der Waals surface area contributed by atoms with Crippen molar-refractivity contribution >= 4 is 5.91 Å². The quantitative estimate of drug-likeness (QED) is 0.775. The van der Waals surface area contributed by atoms with Crippen molar-refractivity contribution in [1.82, 2.24) is 14.7 Å². The molecule has 1 aliphatic rings. The molecule has 130 valence electrons. The fourth-order valence-electron chi connectivity index (χ4n) is 3.21. The summed E-state index contributed by atoms with van der Waals surface area (Å²) in [5.41, 5.74) is 8.91. The lowest BCUT2D eigenvalue weighted by Crippen LogP contribution is -2.38. The van der Waals surface area contributed by atoms with Gasteiger partial charge < -0.3 is 20.5 Å². The standard InChI is InChI=1S/C16H28N4O3/c1-10-13(11(2)19(3)18-10)9-20(5-6-23-4)16(22)12-7-14(17)15(21)8-12/h12,14-15,21H,5-9,17H2,1-4H3/t12-,14-,15-/m0/s1. The third-order valence-corrected chi connectivity index (χ3v) is 4.81. The molecule has 1 aromatic rings. The van der Waals surface area contributed by atoms with Crippen LogP contribution >= 0.6 is 0 Å². The van der Waals surface area contributed by atoms with Crippen LogP contribution in [0.1, 0.15) is 29.8 Å². The van der Waals surface area contributed by atoms with E-state index in [0.717, 1.165) is 17.0 Å². The molecule has 0 saturated heterocycles. The zero-order valence-electron chi connectivity index (χ0n) is 14.5. The normalized spacial score (nSPS) is 24.2. The summed E-state index contributed by atoms with van der Waals surface area (Å²) in [5, 5.41) is 14.2. The SMILES string of the molecule is COCCN(Cc1c(C)nn(C)c1C)C(=O)[C@H]1C[C@H](N)[C@@H](O)C1. The molecule has 7 nitrogen and oxygen atoms in total. The molecular weight excluding hydrogens is 296 g/mol. The first-order chi connectivity index (χ1) is 10.8. The van der Waals surface area contributed by atoms with Crippen LogP contribution in [0.25, 0.3) is 0 Å². The Labute approximate surface area is 137 Å². The van der Waals surface area contributed by atoms with Gasteiger partial charge in [0.2, 0.25) is 5.91 Å². The number of nitrogens with two attached hydrogens (primary N) is 1. The highest BCUT2D eigenvalue weighted by atomic mass is 16.5. The van der Waals surface area contributed by atoms with E-state index in [1.807, 2.05) is 25.6 Å². The first-order valence-corrected chi connectivity index (χ1v) is 8.05. The zero-order valence-corrected chi connectivity index (χ0v) is 14.5. The summed E-state index contributed by atoms with van der Waals surface area (Å²) in [6, 6.07) is -0.310. The van der Waals surface area contributed by atoms with Crippen molar-refractivity contribution in [2.45, 2.75) is 45.4 Å². The van der Waals surface area contributed by atoms with Crippen molar-refractivity contribution in [2.24, 2.45) is 18.7 Å². The fraction of sp³-hybridized carbons (Fsp3) is 0.750. The molecule has 0 aliphatic heterocycles. The molecule has 1 aliphatic carbocycles. The van der Waals surface area contributed by atoms with E-state index in [0.29, 0.717) is 32.5 Å². The molecule has 1 heterocycles. The average molecular weight is 324 g/mol. The number of ether oxygens (including phenoxy) is 1. The summed E-state index contributed by atoms with van der Waals surface area (Å²) >= 11 is 0. The molecule has 0 unspecified atom stereocenters. The Hall–Kier alpha value is -1.44. The van der Waals surface area contributed by atoms with Crippen LogP contribution in [-0.2, 0) is 23.1 Å². The molecule has 0 aromatic carbocycles. The lowest BCUT2D eigenvalue weighted by Gasteiger charge is -2.25. The molecule has 3 N–H and O–H groups in total. The molecule has 1 fully saturated rings. The first-order valence-electron chi connectivity index (χ1n) is 8.05. The van der Waals surface area contributed by atoms with Crippen LogP contribution in [0, 0.1) is 19.8 Å². The van der Waals surface area contributed by atoms with Crippen LogP contribution in [0.5, 0.6) is 0 Å². The Morgan fingerprint density at radius 2 is 2.17 bits per heavy atom. The van der Waals surface area contributed by atoms with E-state index in [1.165, 1.54) is 0 Å². The van der Waals surface area contributed by atoms with Gasteiger partial charge in [0.05, 0.1) is 18.4 Å². The lowest BCUT2D eigenvalue weighted by atomic mass is 10.1. The van der Waals surface area contributed by atoms with E-state index < -0.39 is 6.10 Å². The molecule has 23 heavy (non-hydrogen) atoms. The minimum atomic E-state index is -0.588. The van der Waals surface area contributed by atoms with Gasteiger partial charge in [-0.15, -0.1) is 0 Å². The predicted octanol–water partition coefficient (Wildman–Crippen LogP) is 0.110. The zero-order chi connectivity index (χ0) is 17.1. The largest absolute Gasteiger partial charge is 0.391 e. The van der Waals surface area contributed by atoms with Gasteiger partial charge in [0.15, 0.2) is 0 Å². The molecule has 0 spiro atoms. The van der Waals surface area contributed by atoms with Crippen LogP contribution in [0.3, 0.4) is 0 Å². The van der Waals surface area contributed by atoms with Crippen molar-refractivity contribution < 1.29 is 14.6 Å². The number of aliphatic hydroxyl groups excluding tert-OH is 1. The Bertz CT molecular complexity index is 548. The molecule has 0 radical (unpaired) electrons. The lowest BCUT2D eigenvalue weighted by molar-refractivity contribution is -0.136. The number of carbonyl (C=O) groups excluding carboxylic acids is 1. The van der Waals surface area contributed by atoms with E-state index in [9.17, 15) is 9.90 Å². The molecule has 2 rings (SSSR count). The number of amides is 1. The fourth-order valence-corrected chi connectivity index (χ4v) is 3.21. The predicted molar refractivity (Wildman–Crippen MR) is 86.7 cm³/mol. The van der Waals surface area contributed by atoms with E-state index in [1.54, 1.807) is 12.0 Å². The summed E-state index contributed by atoms with van der Waals surface area (Å²) < 4.78 is 6.97. The molecule has 3 atom stereocenters. The van der Waals surface area contributed by atoms with Crippen molar-refractivity contribution in [3.63, 3.8) is 0 Å². The van der Waals surface area contributed by atoms with Crippen LogP contribution < -0.4 is 5.73 Å². The average Bonchev–Trinajstić information content (AvgIpc) is 2.96. The highest BCUT2D eigenvalue weighted by molar-refractivity contribution is 5.79. The number of hydrogen-bond donors (Lipinski definition) is 2. The van der Waals surface area contributed by atoms with E-state index in [2.05, 4.69) is 5.10 Å². The molecular formula is C16H28N4O3. The van der Waals surface area contributed by atoms with Crippen molar-refractivity contribution in [2.75, 3.05) is 20.3 Å². The number of aromatic nitrogens is 2.